The second-order valence-electron chi connectivity index (χ2n) is 8.43. The van der Waals surface area contributed by atoms with Gasteiger partial charge in [-0.1, -0.05) is 6.92 Å². The second-order valence-corrected chi connectivity index (χ2v) is 10.4. The van der Waals surface area contributed by atoms with Crippen molar-refractivity contribution in [2.45, 2.75) is 31.1 Å². The number of piperazine rings is 1. The van der Waals surface area contributed by atoms with Gasteiger partial charge in [0.15, 0.2) is 0 Å². The topological polar surface area (TPSA) is 112 Å². The van der Waals surface area contributed by atoms with E-state index in [1.165, 1.54) is 16.4 Å². The number of hydrogen-bond acceptors (Lipinski definition) is 8. The third kappa shape index (κ3) is 5.78. The van der Waals surface area contributed by atoms with Crippen molar-refractivity contribution in [1.82, 2.24) is 29.6 Å². The van der Waals surface area contributed by atoms with Gasteiger partial charge >= 0.3 is 11.8 Å². The van der Waals surface area contributed by atoms with Crippen molar-refractivity contribution in [3.63, 3.8) is 0 Å². The zero-order valence-corrected chi connectivity index (χ0v) is 19.9. The first-order valence-corrected chi connectivity index (χ1v) is 13.1. The molecule has 2 aliphatic rings. The molecule has 0 saturated carbocycles. The van der Waals surface area contributed by atoms with E-state index in [0.29, 0.717) is 25.2 Å². The van der Waals surface area contributed by atoms with E-state index in [4.69, 9.17) is 4.42 Å². The Balaban J connectivity index is 1.26. The van der Waals surface area contributed by atoms with E-state index in [2.05, 4.69) is 32.2 Å². The predicted octanol–water partition coefficient (Wildman–Crippen LogP) is 1.28. The summed E-state index contributed by atoms with van der Waals surface area (Å²) in [5, 5.41) is 10.6. The van der Waals surface area contributed by atoms with Crippen LogP contribution in [0, 0.1) is 0 Å². The van der Waals surface area contributed by atoms with Crippen LogP contribution in [0.5, 0.6) is 0 Å². The average molecular weight is 477 g/mol. The summed E-state index contributed by atoms with van der Waals surface area (Å²) in [5.74, 6) is -0.327. The minimum Gasteiger partial charge on any atom is -0.412 e. The largest absolute Gasteiger partial charge is 0.412 e. The van der Waals surface area contributed by atoms with Gasteiger partial charge < -0.3 is 19.5 Å². The first-order valence-electron chi connectivity index (χ1n) is 11.6. The Hall–Kier alpha value is -2.34. The predicted molar refractivity (Wildman–Crippen MR) is 123 cm³/mol. The van der Waals surface area contributed by atoms with Crippen LogP contribution in [-0.2, 0) is 10.0 Å². The molecule has 2 fully saturated rings. The third-order valence-corrected chi connectivity index (χ3v) is 8.18. The number of nitrogens with one attached hydrogen (secondary N) is 1. The van der Waals surface area contributed by atoms with Crippen LogP contribution in [0.4, 0.5) is 0 Å². The maximum absolute atomic E-state index is 12.6. The normalized spacial score (nSPS) is 18.6. The van der Waals surface area contributed by atoms with Gasteiger partial charge in [0, 0.05) is 51.4 Å². The molecule has 0 spiro atoms. The van der Waals surface area contributed by atoms with Gasteiger partial charge in [0.1, 0.15) is 0 Å². The Labute approximate surface area is 195 Å². The Morgan fingerprint density at radius 3 is 2.33 bits per heavy atom. The van der Waals surface area contributed by atoms with Gasteiger partial charge in [-0.05, 0) is 56.6 Å². The molecule has 4 rings (SSSR count). The smallest absolute Gasteiger partial charge is 0.308 e. The van der Waals surface area contributed by atoms with E-state index in [0.717, 1.165) is 58.5 Å². The van der Waals surface area contributed by atoms with Crippen molar-refractivity contribution in [2.24, 2.45) is 0 Å². The van der Waals surface area contributed by atoms with Crippen LogP contribution in [0.1, 0.15) is 36.9 Å². The van der Waals surface area contributed by atoms with E-state index in [1.54, 1.807) is 12.1 Å². The minimum absolute atomic E-state index is 0.102. The number of sulfonamides is 1. The van der Waals surface area contributed by atoms with Gasteiger partial charge in [0.2, 0.25) is 15.9 Å². The van der Waals surface area contributed by atoms with Crippen LogP contribution < -0.4 is 5.32 Å². The Kier molecular flexibility index (Phi) is 7.74. The van der Waals surface area contributed by atoms with Gasteiger partial charge in [0.05, 0.1) is 4.90 Å². The van der Waals surface area contributed by atoms with Crippen molar-refractivity contribution in [2.75, 3.05) is 58.9 Å². The molecule has 0 radical (unpaired) electrons. The number of likely N-dealkylation sites (N-methyl/N-ethyl adjacent to an activating group) is 1. The van der Waals surface area contributed by atoms with Crippen LogP contribution in [0.25, 0.3) is 11.5 Å². The van der Waals surface area contributed by atoms with Crippen molar-refractivity contribution < 1.29 is 17.6 Å². The number of benzene rings is 1. The standard InChI is InChI=1S/C22H32N6O4S/c1-2-26-14-16-27(17-15-26)11-5-10-23-20(29)22-25-24-21(32-22)18-6-8-19(9-7-18)33(30,31)28-12-3-4-13-28/h6-9H,2-5,10-17H2,1H3,(H,23,29). The maximum atomic E-state index is 12.6. The lowest BCUT2D eigenvalue weighted by atomic mass is 10.2. The van der Waals surface area contributed by atoms with Crippen molar-refractivity contribution >= 4 is 15.9 Å². The zero-order valence-electron chi connectivity index (χ0n) is 19.1. The van der Waals surface area contributed by atoms with Crippen LogP contribution in [-0.4, -0.2) is 97.5 Å². The quantitative estimate of drug-likeness (QED) is 0.539. The monoisotopic (exact) mass is 476 g/mol. The molecule has 2 aliphatic heterocycles. The number of amides is 1. The van der Waals surface area contributed by atoms with Gasteiger partial charge in [0.25, 0.3) is 0 Å². The number of nitrogens with zero attached hydrogens (tertiary/aromatic N) is 5. The highest BCUT2D eigenvalue weighted by Gasteiger charge is 2.27. The van der Waals surface area contributed by atoms with Crippen LogP contribution >= 0.6 is 0 Å². The summed E-state index contributed by atoms with van der Waals surface area (Å²) in [7, 11) is -3.47. The molecule has 11 heteroatoms. The van der Waals surface area contributed by atoms with E-state index in [1.807, 2.05) is 0 Å². The van der Waals surface area contributed by atoms with Crippen molar-refractivity contribution in [1.29, 1.82) is 0 Å². The summed E-state index contributed by atoms with van der Waals surface area (Å²) < 4.78 is 32.3. The van der Waals surface area contributed by atoms with E-state index in [-0.39, 0.29) is 16.7 Å². The number of hydrogen-bond donors (Lipinski definition) is 1. The molecule has 3 heterocycles. The summed E-state index contributed by atoms with van der Waals surface area (Å²) >= 11 is 0. The van der Waals surface area contributed by atoms with Gasteiger partial charge in [-0.3, -0.25) is 4.79 Å². The van der Waals surface area contributed by atoms with Crippen molar-refractivity contribution in [3.05, 3.63) is 30.2 Å². The third-order valence-electron chi connectivity index (χ3n) is 6.27. The molecular weight excluding hydrogens is 444 g/mol. The lowest BCUT2D eigenvalue weighted by Crippen LogP contribution is -2.46. The molecule has 1 amide bonds. The average Bonchev–Trinajstić information content (AvgIpc) is 3.55. The lowest BCUT2D eigenvalue weighted by Gasteiger charge is -2.33. The molecule has 180 valence electrons. The molecule has 0 aliphatic carbocycles. The summed E-state index contributed by atoms with van der Waals surface area (Å²) in [6.07, 6.45) is 2.63. The number of carbonyl (C=O) groups is 1. The van der Waals surface area contributed by atoms with Crippen LogP contribution in [0.2, 0.25) is 0 Å². The summed E-state index contributed by atoms with van der Waals surface area (Å²) in [4.78, 5) is 17.4. The molecule has 2 aromatic rings. The minimum atomic E-state index is -3.47. The molecular formula is C22H32N6O4S. The highest BCUT2D eigenvalue weighted by Crippen LogP contribution is 2.24. The van der Waals surface area contributed by atoms with Gasteiger partial charge in [-0.15, -0.1) is 10.2 Å². The Morgan fingerprint density at radius 2 is 1.67 bits per heavy atom. The molecule has 0 bridgehead atoms. The van der Waals surface area contributed by atoms with E-state index in [9.17, 15) is 13.2 Å². The fraction of sp³-hybridized carbons (Fsp3) is 0.591. The zero-order chi connectivity index (χ0) is 23.3. The van der Waals surface area contributed by atoms with Gasteiger partial charge in [-0.25, -0.2) is 8.42 Å². The van der Waals surface area contributed by atoms with Crippen molar-refractivity contribution in [3.8, 4) is 11.5 Å². The Morgan fingerprint density at radius 1 is 1.00 bits per heavy atom. The molecule has 33 heavy (non-hydrogen) atoms. The molecule has 0 atom stereocenters. The molecule has 1 aromatic carbocycles. The summed E-state index contributed by atoms with van der Waals surface area (Å²) in [6, 6.07) is 6.31. The first kappa shape index (κ1) is 23.8. The molecule has 2 saturated heterocycles. The van der Waals surface area contributed by atoms with Crippen LogP contribution in [0.3, 0.4) is 0 Å². The maximum Gasteiger partial charge on any atom is 0.308 e. The van der Waals surface area contributed by atoms with Crippen LogP contribution in [0.15, 0.2) is 33.6 Å². The van der Waals surface area contributed by atoms with E-state index < -0.39 is 15.9 Å². The summed E-state index contributed by atoms with van der Waals surface area (Å²) in [5.41, 5.74) is 0.563. The molecule has 1 aromatic heterocycles. The molecule has 0 unspecified atom stereocenters. The Bertz CT molecular complexity index is 1030. The highest BCUT2D eigenvalue weighted by atomic mass is 32.2. The number of rotatable bonds is 9. The fourth-order valence-corrected chi connectivity index (χ4v) is 5.71. The lowest BCUT2D eigenvalue weighted by molar-refractivity contribution is 0.0914. The fourth-order valence-electron chi connectivity index (χ4n) is 4.19. The molecule has 1 N–H and O–H groups in total. The van der Waals surface area contributed by atoms with Gasteiger partial charge in [-0.2, -0.15) is 4.31 Å². The van der Waals surface area contributed by atoms with E-state index >= 15 is 0 Å². The number of carbonyl (C=O) groups excluding carboxylic acids is 1. The first-order chi connectivity index (χ1) is 16.0. The summed E-state index contributed by atoms with van der Waals surface area (Å²) in [6.45, 7) is 10.2. The highest BCUT2D eigenvalue weighted by molar-refractivity contribution is 7.89. The second kappa shape index (κ2) is 10.7. The molecule has 10 nitrogen and oxygen atoms in total. The number of aromatic nitrogens is 2. The SMILES string of the molecule is CCN1CCN(CCCNC(=O)c2nnc(-c3ccc(S(=O)(=O)N4CCCC4)cc3)o2)CC1.